The van der Waals surface area contributed by atoms with Crippen LogP contribution in [0.3, 0.4) is 0 Å². The Balaban J connectivity index is 2.40. The molecule has 0 amide bonds. The van der Waals surface area contributed by atoms with E-state index in [9.17, 15) is 4.79 Å². The summed E-state index contributed by atoms with van der Waals surface area (Å²) in [5, 5.41) is 9.77. The summed E-state index contributed by atoms with van der Waals surface area (Å²) in [6, 6.07) is 0. The van der Waals surface area contributed by atoms with E-state index in [0.717, 1.165) is 5.57 Å². The smallest absolute Gasteiger partial charge is 0.284 e. The molecule has 1 saturated heterocycles. The minimum Gasteiger partial charge on any atom is -0.473 e. The maximum atomic E-state index is 12.2. The van der Waals surface area contributed by atoms with E-state index in [2.05, 4.69) is 15.5 Å². The summed E-state index contributed by atoms with van der Waals surface area (Å²) in [6.45, 7) is 0.366. The lowest BCUT2D eigenvalue weighted by Crippen LogP contribution is -2.17. The molecular weight excluding hydrogens is 232 g/mol. The van der Waals surface area contributed by atoms with Crippen molar-refractivity contribution in [2.75, 3.05) is 6.61 Å². The van der Waals surface area contributed by atoms with Gasteiger partial charge in [0, 0.05) is 12.0 Å². The van der Waals surface area contributed by atoms with Gasteiger partial charge >= 0.3 is 0 Å². The Bertz CT molecular complexity index is 524. The van der Waals surface area contributed by atoms with Gasteiger partial charge in [0.2, 0.25) is 5.78 Å². The van der Waals surface area contributed by atoms with Gasteiger partial charge in [-0.2, -0.15) is 0 Å². The topological polar surface area (TPSA) is 89.4 Å². The highest BCUT2D eigenvalue weighted by Crippen LogP contribution is 2.21. The predicted molar refractivity (Wildman–Crippen MR) is 66.5 cm³/mol. The molecule has 6 heteroatoms. The van der Waals surface area contributed by atoms with E-state index in [0.29, 0.717) is 18.6 Å². The number of nitrogens with zero attached hydrogens (tertiary/aromatic N) is 3. The lowest BCUT2D eigenvalue weighted by atomic mass is 9.98. The number of carbonyl (C=O) groups excluding carboxylic acids is 1. The van der Waals surface area contributed by atoms with Gasteiger partial charge in [0.25, 0.3) is 5.90 Å². The molecule has 6 nitrogen and oxygen atoms in total. The zero-order valence-electron chi connectivity index (χ0n) is 9.61. The third-order valence-electron chi connectivity index (χ3n) is 2.48. The van der Waals surface area contributed by atoms with Gasteiger partial charge in [-0.1, -0.05) is 46.8 Å². The second-order valence-electron chi connectivity index (χ2n) is 3.58. The van der Waals surface area contributed by atoms with Crippen molar-refractivity contribution >= 4 is 11.7 Å². The Hall–Kier alpha value is -2.50. The summed E-state index contributed by atoms with van der Waals surface area (Å²) in [6.07, 6.45) is 11.7. The van der Waals surface area contributed by atoms with Gasteiger partial charge in [0.05, 0.1) is 6.61 Å². The minimum atomic E-state index is -0.314. The predicted octanol–water partition coefficient (Wildman–Crippen LogP) is 1.59. The molecule has 1 heterocycles. The SMILES string of the molecule is N/N=N\N=C1\OCCC2=CC=CC=CC=C2C1=O. The van der Waals surface area contributed by atoms with Crippen molar-refractivity contribution in [1.29, 1.82) is 0 Å². The molecule has 0 saturated carbocycles. The first-order chi connectivity index (χ1) is 8.83. The molecule has 0 radical (unpaired) electrons. The normalized spacial score (nSPS) is 21.8. The Morgan fingerprint density at radius 2 is 1.94 bits per heavy atom. The van der Waals surface area contributed by atoms with Gasteiger partial charge in [-0.25, -0.2) is 0 Å². The molecule has 0 bridgehead atoms. The van der Waals surface area contributed by atoms with Gasteiger partial charge in [-0.15, -0.1) is 0 Å². The number of nitrogens with two attached hydrogens (primary N) is 1. The molecule has 0 aromatic carbocycles. The molecule has 92 valence electrons. The average Bonchev–Trinajstić information content (AvgIpc) is 2.47. The summed E-state index contributed by atoms with van der Waals surface area (Å²) in [7, 11) is 0. The van der Waals surface area contributed by atoms with Crippen LogP contribution in [0.4, 0.5) is 0 Å². The molecule has 2 aliphatic rings. The number of fused-ring (bicyclic) bond motifs is 1. The number of Topliss-reactive ketones (excluding diaryl/α,β-unsaturated/α-hetero) is 1. The lowest BCUT2D eigenvalue weighted by Gasteiger charge is -2.04. The first-order valence-electron chi connectivity index (χ1n) is 5.43. The molecule has 0 unspecified atom stereocenters. The fourth-order valence-corrected chi connectivity index (χ4v) is 1.67. The van der Waals surface area contributed by atoms with E-state index in [1.807, 2.05) is 24.3 Å². The van der Waals surface area contributed by atoms with Gasteiger partial charge in [-0.3, -0.25) is 4.79 Å². The third-order valence-corrected chi connectivity index (χ3v) is 2.48. The van der Waals surface area contributed by atoms with Crippen molar-refractivity contribution in [3.8, 4) is 0 Å². The third kappa shape index (κ3) is 2.60. The molecule has 18 heavy (non-hydrogen) atoms. The summed E-state index contributed by atoms with van der Waals surface area (Å²) in [5.74, 6) is 4.45. The fraction of sp³-hybridized carbons (Fsp3) is 0.167. The number of ether oxygens (including phenoxy) is 1. The average molecular weight is 244 g/mol. The van der Waals surface area contributed by atoms with Crippen LogP contribution >= 0.6 is 0 Å². The van der Waals surface area contributed by atoms with Crippen LogP contribution in [0.25, 0.3) is 0 Å². The zero-order valence-corrected chi connectivity index (χ0v) is 9.61. The Kier molecular flexibility index (Phi) is 3.80. The van der Waals surface area contributed by atoms with Crippen molar-refractivity contribution in [1.82, 2.24) is 0 Å². The molecule has 0 aromatic heterocycles. The van der Waals surface area contributed by atoms with Crippen LogP contribution < -0.4 is 5.84 Å². The highest BCUT2D eigenvalue weighted by Gasteiger charge is 2.25. The van der Waals surface area contributed by atoms with Crippen molar-refractivity contribution in [2.45, 2.75) is 6.42 Å². The summed E-state index contributed by atoms with van der Waals surface area (Å²) in [5.41, 5.74) is 1.47. The maximum Gasteiger partial charge on any atom is 0.284 e. The van der Waals surface area contributed by atoms with E-state index in [1.165, 1.54) is 0 Å². The number of ketones is 1. The molecule has 2 rings (SSSR count). The number of hydrogen-bond donors (Lipinski definition) is 1. The van der Waals surface area contributed by atoms with E-state index in [4.69, 9.17) is 10.6 Å². The molecule has 0 spiro atoms. The maximum absolute atomic E-state index is 12.2. The van der Waals surface area contributed by atoms with Crippen LogP contribution in [0, 0.1) is 0 Å². The van der Waals surface area contributed by atoms with Crippen LogP contribution in [-0.4, -0.2) is 18.3 Å². The van der Waals surface area contributed by atoms with Crippen molar-refractivity contribution in [2.24, 2.45) is 21.4 Å². The van der Waals surface area contributed by atoms with Gasteiger partial charge in [-0.05, 0) is 10.8 Å². The standard InChI is InChI=1S/C12H12N4O2/c13-15-16-14-12-11(17)10-6-4-2-1-3-5-9(10)7-8-18-12/h1-6H,7-8H2,(H2,13,16)/b2-1?,3-1?,4-2?,5-3?,6-4?,9-5?,10-6?,14-12+. The molecule has 1 aliphatic carbocycles. The number of rotatable bonds is 1. The molecule has 1 aliphatic heterocycles. The van der Waals surface area contributed by atoms with Crippen LogP contribution in [0.5, 0.6) is 0 Å². The highest BCUT2D eigenvalue weighted by molar-refractivity contribution is 6.44. The van der Waals surface area contributed by atoms with E-state index < -0.39 is 0 Å². The zero-order chi connectivity index (χ0) is 12.8. The first kappa shape index (κ1) is 12.0. The molecule has 0 atom stereocenters. The quantitative estimate of drug-likeness (QED) is 0.431. The highest BCUT2D eigenvalue weighted by atomic mass is 16.5. The second kappa shape index (κ2) is 5.72. The van der Waals surface area contributed by atoms with E-state index >= 15 is 0 Å². The van der Waals surface area contributed by atoms with Crippen molar-refractivity contribution in [3.05, 3.63) is 47.6 Å². The Labute approximate surface area is 104 Å². The van der Waals surface area contributed by atoms with Crippen molar-refractivity contribution < 1.29 is 9.53 Å². The first-order valence-corrected chi connectivity index (χ1v) is 5.43. The van der Waals surface area contributed by atoms with Gasteiger partial charge in [0.15, 0.2) is 0 Å². The second-order valence-corrected chi connectivity index (χ2v) is 3.58. The Morgan fingerprint density at radius 1 is 1.17 bits per heavy atom. The summed E-state index contributed by atoms with van der Waals surface area (Å²) < 4.78 is 5.25. The van der Waals surface area contributed by atoms with Gasteiger partial charge < -0.3 is 10.6 Å². The van der Waals surface area contributed by atoms with E-state index in [1.54, 1.807) is 12.2 Å². The number of carbonyl (C=O) groups is 1. The van der Waals surface area contributed by atoms with Crippen molar-refractivity contribution in [3.63, 3.8) is 0 Å². The summed E-state index contributed by atoms with van der Waals surface area (Å²) >= 11 is 0. The number of allylic oxidation sites excluding steroid dienone is 6. The minimum absolute atomic E-state index is 0.0863. The Morgan fingerprint density at radius 3 is 2.72 bits per heavy atom. The molecule has 0 aromatic rings. The van der Waals surface area contributed by atoms with Crippen LogP contribution in [0.15, 0.2) is 63.2 Å². The number of hydrogen-bond acceptors (Lipinski definition) is 4. The largest absolute Gasteiger partial charge is 0.473 e. The monoisotopic (exact) mass is 244 g/mol. The molecular formula is C12H12N4O2. The van der Waals surface area contributed by atoms with Crippen LogP contribution in [-0.2, 0) is 9.53 Å². The molecule has 1 fully saturated rings. The van der Waals surface area contributed by atoms with Crippen LogP contribution in [0.1, 0.15) is 6.42 Å². The van der Waals surface area contributed by atoms with Crippen LogP contribution in [0.2, 0.25) is 0 Å². The lowest BCUT2D eigenvalue weighted by molar-refractivity contribution is -0.110. The summed E-state index contributed by atoms with van der Waals surface area (Å²) in [4.78, 5) is 12.2. The molecule has 2 N–H and O–H groups in total. The van der Waals surface area contributed by atoms with E-state index in [-0.39, 0.29) is 11.7 Å². The fourth-order valence-electron chi connectivity index (χ4n) is 1.67. The van der Waals surface area contributed by atoms with Gasteiger partial charge in [0.1, 0.15) is 0 Å².